The predicted molar refractivity (Wildman–Crippen MR) is 53.0 cm³/mol. The van der Waals surface area contributed by atoms with Gasteiger partial charge in [0.1, 0.15) is 0 Å². The van der Waals surface area contributed by atoms with Crippen LogP contribution in [0, 0.1) is 0 Å². The minimum atomic E-state index is -0.750. The van der Waals surface area contributed by atoms with Crippen LogP contribution in [0.3, 0.4) is 0 Å². The van der Waals surface area contributed by atoms with Gasteiger partial charge in [0.2, 0.25) is 0 Å². The zero-order valence-corrected chi connectivity index (χ0v) is 7.95. The molecular formula is C8H10BClO3. The van der Waals surface area contributed by atoms with Crippen LogP contribution >= 0.6 is 11.6 Å². The Balaban J connectivity index is 0.000000424. The third kappa shape index (κ3) is 5.41. The number of halogens is 1. The lowest BCUT2D eigenvalue weighted by Gasteiger charge is -1.92. The van der Waals surface area contributed by atoms with E-state index in [1.807, 2.05) is 0 Å². The van der Waals surface area contributed by atoms with Gasteiger partial charge in [-0.25, -0.2) is 0 Å². The first-order valence-corrected chi connectivity index (χ1v) is 3.97. The molecule has 0 atom stereocenters. The summed E-state index contributed by atoms with van der Waals surface area (Å²) >= 11 is 5.61. The van der Waals surface area contributed by atoms with Crippen LogP contribution in [0.25, 0.3) is 0 Å². The van der Waals surface area contributed by atoms with Crippen LogP contribution < -0.4 is 0 Å². The van der Waals surface area contributed by atoms with E-state index in [1.54, 1.807) is 24.3 Å². The molecule has 0 aliphatic heterocycles. The number of carbonyl (C=O) groups excluding carboxylic acids is 1. The molecule has 0 unspecified atom stereocenters. The monoisotopic (exact) mass is 200 g/mol. The van der Waals surface area contributed by atoms with Crippen LogP contribution in [-0.2, 0) is 0 Å². The van der Waals surface area contributed by atoms with Crippen LogP contribution in [0.1, 0.15) is 17.3 Å². The minimum Gasteiger partial charge on any atom is -0.430 e. The second-order valence-electron chi connectivity index (χ2n) is 2.20. The SMILES string of the molecule is CC(=O)c1ccc(Cl)cc1.OBO. The number of hydrogen-bond donors (Lipinski definition) is 2. The number of rotatable bonds is 1. The molecule has 0 fully saturated rings. The van der Waals surface area contributed by atoms with E-state index >= 15 is 0 Å². The van der Waals surface area contributed by atoms with E-state index < -0.39 is 7.69 Å². The molecule has 1 aromatic rings. The van der Waals surface area contributed by atoms with Crippen molar-refractivity contribution in [2.24, 2.45) is 0 Å². The van der Waals surface area contributed by atoms with Gasteiger partial charge in [-0.2, -0.15) is 0 Å². The highest BCUT2D eigenvalue weighted by molar-refractivity contribution is 6.30. The number of benzene rings is 1. The number of carbonyl (C=O) groups is 1. The summed E-state index contributed by atoms with van der Waals surface area (Å²) < 4.78 is 0. The van der Waals surface area contributed by atoms with E-state index in [0.717, 1.165) is 0 Å². The largest absolute Gasteiger partial charge is 0.432 e. The van der Waals surface area contributed by atoms with Crippen molar-refractivity contribution in [2.75, 3.05) is 0 Å². The zero-order valence-electron chi connectivity index (χ0n) is 7.20. The molecule has 0 aromatic heterocycles. The maximum Gasteiger partial charge on any atom is 0.432 e. The molecule has 2 N–H and O–H groups in total. The molecule has 0 bridgehead atoms. The molecule has 3 nitrogen and oxygen atoms in total. The summed E-state index contributed by atoms with van der Waals surface area (Å²) in [6.07, 6.45) is 0. The van der Waals surface area contributed by atoms with E-state index in [-0.39, 0.29) is 5.78 Å². The quantitative estimate of drug-likeness (QED) is 0.520. The predicted octanol–water partition coefficient (Wildman–Crippen LogP) is 0.780. The summed E-state index contributed by atoms with van der Waals surface area (Å²) in [7, 11) is -0.750. The molecule has 5 heteroatoms. The molecule has 70 valence electrons. The molecule has 0 saturated carbocycles. The van der Waals surface area contributed by atoms with E-state index in [0.29, 0.717) is 10.6 Å². The Bertz CT molecular complexity index is 261. The Hall–Kier alpha value is -0.835. The Labute approximate surface area is 82.3 Å². The van der Waals surface area contributed by atoms with Crippen molar-refractivity contribution in [3.8, 4) is 0 Å². The van der Waals surface area contributed by atoms with E-state index in [1.165, 1.54) is 6.92 Å². The zero-order chi connectivity index (χ0) is 10.3. The van der Waals surface area contributed by atoms with Gasteiger partial charge in [0.05, 0.1) is 0 Å². The van der Waals surface area contributed by atoms with Crippen molar-refractivity contribution in [3.05, 3.63) is 34.9 Å². The number of Topliss-reactive ketones (excluding diaryl/α,β-unsaturated/α-hetero) is 1. The summed E-state index contributed by atoms with van der Waals surface area (Å²) in [6.45, 7) is 1.53. The smallest absolute Gasteiger partial charge is 0.430 e. The Morgan fingerprint density at radius 2 is 1.69 bits per heavy atom. The average Bonchev–Trinajstić information content (AvgIpc) is 2.06. The Kier molecular flexibility index (Phi) is 6.23. The van der Waals surface area contributed by atoms with Gasteiger partial charge >= 0.3 is 7.69 Å². The third-order valence-corrected chi connectivity index (χ3v) is 1.50. The number of ketones is 1. The van der Waals surface area contributed by atoms with Crippen molar-refractivity contribution in [2.45, 2.75) is 6.92 Å². The van der Waals surface area contributed by atoms with Gasteiger partial charge in [-0.15, -0.1) is 0 Å². The second-order valence-corrected chi connectivity index (χ2v) is 2.64. The third-order valence-electron chi connectivity index (χ3n) is 1.25. The second kappa shape index (κ2) is 6.66. The molecule has 0 spiro atoms. The highest BCUT2D eigenvalue weighted by Crippen LogP contribution is 2.09. The molecule has 0 radical (unpaired) electrons. The fourth-order valence-corrected chi connectivity index (χ4v) is 0.811. The maximum absolute atomic E-state index is 10.7. The van der Waals surface area contributed by atoms with Crippen molar-refractivity contribution in [1.29, 1.82) is 0 Å². The van der Waals surface area contributed by atoms with Gasteiger partial charge < -0.3 is 10.0 Å². The fraction of sp³-hybridized carbons (Fsp3) is 0.125. The first-order valence-electron chi connectivity index (χ1n) is 3.60. The van der Waals surface area contributed by atoms with Gasteiger partial charge in [0, 0.05) is 10.6 Å². The molecule has 1 aromatic carbocycles. The van der Waals surface area contributed by atoms with Gasteiger partial charge in [0.25, 0.3) is 0 Å². The van der Waals surface area contributed by atoms with Crippen molar-refractivity contribution in [3.63, 3.8) is 0 Å². The number of hydrogen-bond acceptors (Lipinski definition) is 3. The van der Waals surface area contributed by atoms with Gasteiger partial charge in [0.15, 0.2) is 5.78 Å². The van der Waals surface area contributed by atoms with Crippen molar-refractivity contribution < 1.29 is 14.8 Å². The molecule has 13 heavy (non-hydrogen) atoms. The molecule has 0 aliphatic carbocycles. The van der Waals surface area contributed by atoms with Crippen LogP contribution in [0.15, 0.2) is 24.3 Å². The van der Waals surface area contributed by atoms with Gasteiger partial charge in [-0.3, -0.25) is 4.79 Å². The first-order chi connectivity index (χ1) is 6.11. The summed E-state index contributed by atoms with van der Waals surface area (Å²) in [5.41, 5.74) is 0.699. The van der Waals surface area contributed by atoms with E-state index in [4.69, 9.17) is 21.6 Å². The van der Waals surface area contributed by atoms with E-state index in [9.17, 15) is 4.79 Å². The lowest BCUT2D eigenvalue weighted by molar-refractivity contribution is 0.101. The van der Waals surface area contributed by atoms with Crippen LogP contribution in [0.5, 0.6) is 0 Å². The van der Waals surface area contributed by atoms with Crippen LogP contribution in [0.2, 0.25) is 5.02 Å². The molecule has 0 amide bonds. The highest BCUT2D eigenvalue weighted by Gasteiger charge is 1.95. The van der Waals surface area contributed by atoms with Crippen molar-refractivity contribution >= 4 is 25.1 Å². The van der Waals surface area contributed by atoms with Crippen molar-refractivity contribution in [1.82, 2.24) is 0 Å². The summed E-state index contributed by atoms with van der Waals surface area (Å²) in [5.74, 6) is 0.0664. The molecule has 0 aliphatic rings. The van der Waals surface area contributed by atoms with Gasteiger partial charge in [-0.05, 0) is 31.2 Å². The summed E-state index contributed by atoms with van der Waals surface area (Å²) in [6, 6.07) is 6.84. The summed E-state index contributed by atoms with van der Waals surface area (Å²) in [5, 5.41) is 14.9. The standard InChI is InChI=1S/C8H7ClO.BH3O2/c1-6(10)7-2-4-8(9)5-3-7;2-1-3/h2-5H,1H3;1-3H. The molecule has 0 heterocycles. The lowest BCUT2D eigenvalue weighted by atomic mass is 10.2. The Morgan fingerprint density at radius 3 is 2.00 bits per heavy atom. The maximum atomic E-state index is 10.7. The minimum absolute atomic E-state index is 0.0664. The van der Waals surface area contributed by atoms with Crippen LogP contribution in [-0.4, -0.2) is 23.5 Å². The normalized spacial score (nSPS) is 8.31. The summed E-state index contributed by atoms with van der Waals surface area (Å²) in [4.78, 5) is 10.7. The first kappa shape index (κ1) is 12.2. The fourth-order valence-electron chi connectivity index (χ4n) is 0.685. The van der Waals surface area contributed by atoms with Crippen LogP contribution in [0.4, 0.5) is 0 Å². The highest BCUT2D eigenvalue weighted by atomic mass is 35.5. The molecule has 0 saturated heterocycles. The van der Waals surface area contributed by atoms with Gasteiger partial charge in [-0.1, -0.05) is 11.6 Å². The van der Waals surface area contributed by atoms with E-state index in [2.05, 4.69) is 0 Å². The molecular weight excluding hydrogens is 190 g/mol. The molecule has 1 rings (SSSR count). The Morgan fingerprint density at radius 1 is 1.31 bits per heavy atom. The topological polar surface area (TPSA) is 57.5 Å². The lowest BCUT2D eigenvalue weighted by Crippen LogP contribution is -1.89. The average molecular weight is 200 g/mol.